The lowest BCUT2D eigenvalue weighted by Crippen LogP contribution is -2.38. The molecule has 5 nitrogen and oxygen atoms in total. The molecule has 0 unspecified atom stereocenters. The summed E-state index contributed by atoms with van der Waals surface area (Å²) in [5, 5.41) is 9.53. The molecule has 0 radical (unpaired) electrons. The van der Waals surface area contributed by atoms with Crippen LogP contribution in [0.15, 0.2) is 17.3 Å². The van der Waals surface area contributed by atoms with Gasteiger partial charge in [0.05, 0.1) is 18.7 Å². The van der Waals surface area contributed by atoms with E-state index in [9.17, 15) is 13.2 Å². The molecule has 1 aromatic rings. The van der Waals surface area contributed by atoms with Crippen LogP contribution in [-0.2, 0) is 13.6 Å². The highest BCUT2D eigenvalue weighted by atomic mass is 127. The van der Waals surface area contributed by atoms with Gasteiger partial charge in [0.2, 0.25) is 0 Å². The number of rotatable bonds is 5. The van der Waals surface area contributed by atoms with Crippen LogP contribution in [0.4, 0.5) is 13.2 Å². The molecule has 0 saturated heterocycles. The largest absolute Gasteiger partial charge is 0.390 e. The SMILES string of the molecule is CCNC(=NCc1ccnn1C)NCCC(F)(F)F.I. The van der Waals surface area contributed by atoms with Gasteiger partial charge in [-0.25, -0.2) is 4.99 Å². The standard InChI is InChI=1S/C11H18F3N5.HI/c1-3-15-10(16-7-5-11(12,13)14)17-8-9-4-6-18-19(9)2;/h4,6H,3,5,7-8H2,1-2H3,(H2,15,16,17);1H. The molecule has 20 heavy (non-hydrogen) atoms. The Hall–Kier alpha value is -1.00. The molecular formula is C11H19F3IN5. The quantitative estimate of drug-likeness (QED) is 0.448. The fourth-order valence-electron chi connectivity index (χ4n) is 1.38. The Kier molecular flexibility index (Phi) is 8.58. The van der Waals surface area contributed by atoms with Crippen molar-refractivity contribution < 1.29 is 13.2 Å². The number of aryl methyl sites for hydroxylation is 1. The lowest BCUT2D eigenvalue weighted by molar-refractivity contribution is -0.132. The van der Waals surface area contributed by atoms with Gasteiger partial charge in [-0.15, -0.1) is 24.0 Å². The zero-order valence-corrected chi connectivity index (χ0v) is 13.7. The van der Waals surface area contributed by atoms with Crippen LogP contribution in [0.25, 0.3) is 0 Å². The molecule has 0 bridgehead atoms. The van der Waals surface area contributed by atoms with Gasteiger partial charge < -0.3 is 10.6 Å². The number of halogens is 4. The van der Waals surface area contributed by atoms with E-state index in [0.717, 1.165) is 5.69 Å². The monoisotopic (exact) mass is 405 g/mol. The summed E-state index contributed by atoms with van der Waals surface area (Å²) in [6.45, 7) is 2.60. The minimum absolute atomic E-state index is 0. The van der Waals surface area contributed by atoms with Crippen molar-refractivity contribution in [1.82, 2.24) is 20.4 Å². The van der Waals surface area contributed by atoms with Gasteiger partial charge in [-0.2, -0.15) is 18.3 Å². The summed E-state index contributed by atoms with van der Waals surface area (Å²) in [5.41, 5.74) is 0.882. The number of alkyl halides is 3. The maximum atomic E-state index is 12.0. The van der Waals surface area contributed by atoms with Crippen LogP contribution in [0.3, 0.4) is 0 Å². The minimum atomic E-state index is -4.16. The predicted octanol–water partition coefficient (Wildman–Crippen LogP) is 2.05. The third-order valence-electron chi connectivity index (χ3n) is 2.37. The predicted molar refractivity (Wildman–Crippen MR) is 82.1 cm³/mol. The molecule has 0 saturated carbocycles. The molecule has 0 amide bonds. The van der Waals surface area contributed by atoms with E-state index in [-0.39, 0.29) is 30.5 Å². The molecule has 0 aliphatic heterocycles. The molecule has 1 aromatic heterocycles. The first-order chi connectivity index (χ1) is 8.92. The molecule has 1 heterocycles. The van der Waals surface area contributed by atoms with Crippen molar-refractivity contribution in [3.63, 3.8) is 0 Å². The van der Waals surface area contributed by atoms with Gasteiger partial charge in [0.1, 0.15) is 0 Å². The molecule has 0 aliphatic carbocycles. The van der Waals surface area contributed by atoms with Crippen molar-refractivity contribution in [2.45, 2.75) is 26.1 Å². The summed E-state index contributed by atoms with van der Waals surface area (Å²) in [4.78, 5) is 4.20. The van der Waals surface area contributed by atoms with E-state index in [0.29, 0.717) is 19.0 Å². The van der Waals surface area contributed by atoms with Gasteiger partial charge in [-0.1, -0.05) is 0 Å². The second-order valence-corrected chi connectivity index (χ2v) is 3.93. The Morgan fingerprint density at radius 2 is 2.10 bits per heavy atom. The molecule has 0 atom stereocenters. The lowest BCUT2D eigenvalue weighted by Gasteiger charge is -2.12. The number of guanidine groups is 1. The Balaban J connectivity index is 0.00000361. The summed E-state index contributed by atoms with van der Waals surface area (Å²) < 4.78 is 37.8. The molecule has 116 valence electrons. The van der Waals surface area contributed by atoms with Gasteiger partial charge in [0.15, 0.2) is 5.96 Å². The zero-order valence-electron chi connectivity index (χ0n) is 11.4. The molecule has 9 heteroatoms. The van der Waals surface area contributed by atoms with Gasteiger partial charge in [-0.3, -0.25) is 4.68 Å². The van der Waals surface area contributed by atoms with Gasteiger partial charge >= 0.3 is 6.18 Å². The number of nitrogens with zero attached hydrogens (tertiary/aromatic N) is 3. The van der Waals surface area contributed by atoms with Crippen LogP contribution in [0.5, 0.6) is 0 Å². The highest BCUT2D eigenvalue weighted by Gasteiger charge is 2.26. The van der Waals surface area contributed by atoms with Gasteiger partial charge in [-0.05, 0) is 13.0 Å². The van der Waals surface area contributed by atoms with E-state index in [1.54, 1.807) is 17.9 Å². The average molecular weight is 405 g/mol. The van der Waals surface area contributed by atoms with Crippen molar-refractivity contribution in [1.29, 1.82) is 0 Å². The van der Waals surface area contributed by atoms with Crippen molar-refractivity contribution in [2.75, 3.05) is 13.1 Å². The van der Waals surface area contributed by atoms with Crippen LogP contribution in [0, 0.1) is 0 Å². The first kappa shape index (κ1) is 19.0. The third kappa shape index (κ3) is 7.56. The average Bonchev–Trinajstić information content (AvgIpc) is 2.70. The zero-order chi connectivity index (χ0) is 14.3. The van der Waals surface area contributed by atoms with Crippen LogP contribution < -0.4 is 10.6 Å². The Morgan fingerprint density at radius 1 is 1.40 bits per heavy atom. The van der Waals surface area contributed by atoms with Crippen molar-refractivity contribution in [3.8, 4) is 0 Å². The van der Waals surface area contributed by atoms with Crippen LogP contribution in [0.2, 0.25) is 0 Å². The van der Waals surface area contributed by atoms with Crippen molar-refractivity contribution in [2.24, 2.45) is 12.0 Å². The van der Waals surface area contributed by atoms with Crippen molar-refractivity contribution in [3.05, 3.63) is 18.0 Å². The second-order valence-electron chi connectivity index (χ2n) is 3.93. The number of aliphatic imine (C=N–C) groups is 1. The first-order valence-electron chi connectivity index (χ1n) is 5.98. The highest BCUT2D eigenvalue weighted by molar-refractivity contribution is 14.0. The van der Waals surface area contributed by atoms with E-state index < -0.39 is 12.6 Å². The number of hydrogen-bond acceptors (Lipinski definition) is 2. The second kappa shape index (κ2) is 9.03. The van der Waals surface area contributed by atoms with E-state index in [1.165, 1.54) is 0 Å². The van der Waals surface area contributed by atoms with Gasteiger partial charge in [0, 0.05) is 26.3 Å². The number of nitrogens with one attached hydrogen (secondary N) is 2. The third-order valence-corrected chi connectivity index (χ3v) is 2.37. The Bertz CT molecular complexity index is 416. The lowest BCUT2D eigenvalue weighted by atomic mass is 10.4. The maximum absolute atomic E-state index is 12.0. The normalized spacial score (nSPS) is 11.9. The van der Waals surface area contributed by atoms with Crippen molar-refractivity contribution >= 4 is 29.9 Å². The molecule has 0 aliphatic rings. The highest BCUT2D eigenvalue weighted by Crippen LogP contribution is 2.18. The van der Waals surface area contributed by atoms with E-state index in [2.05, 4.69) is 20.7 Å². The first-order valence-corrected chi connectivity index (χ1v) is 5.98. The summed E-state index contributed by atoms with van der Waals surface area (Å²) in [7, 11) is 1.79. The van der Waals surface area contributed by atoms with E-state index in [1.807, 2.05) is 13.0 Å². The molecule has 2 N–H and O–H groups in total. The van der Waals surface area contributed by atoms with E-state index in [4.69, 9.17) is 0 Å². The summed E-state index contributed by atoms with van der Waals surface area (Å²) in [6.07, 6.45) is -3.40. The topological polar surface area (TPSA) is 54.2 Å². The van der Waals surface area contributed by atoms with Crippen LogP contribution in [0.1, 0.15) is 19.0 Å². The molecule has 1 rings (SSSR count). The molecule has 0 spiro atoms. The molecular weight excluding hydrogens is 386 g/mol. The summed E-state index contributed by atoms with van der Waals surface area (Å²) >= 11 is 0. The van der Waals surface area contributed by atoms with E-state index >= 15 is 0 Å². The van der Waals surface area contributed by atoms with Crippen LogP contribution in [-0.4, -0.2) is 35.0 Å². The number of hydrogen-bond donors (Lipinski definition) is 2. The molecule has 0 aromatic carbocycles. The minimum Gasteiger partial charge on any atom is -0.357 e. The summed E-state index contributed by atoms with van der Waals surface area (Å²) in [6, 6.07) is 1.81. The smallest absolute Gasteiger partial charge is 0.357 e. The van der Waals surface area contributed by atoms with Gasteiger partial charge in [0.25, 0.3) is 0 Å². The summed E-state index contributed by atoms with van der Waals surface area (Å²) in [5.74, 6) is 0.368. The Labute approximate surface area is 133 Å². The maximum Gasteiger partial charge on any atom is 0.390 e. The number of aromatic nitrogens is 2. The fourth-order valence-corrected chi connectivity index (χ4v) is 1.38. The molecule has 0 fully saturated rings. The fraction of sp³-hybridized carbons (Fsp3) is 0.636. The Morgan fingerprint density at radius 3 is 2.60 bits per heavy atom. The van der Waals surface area contributed by atoms with Crippen LogP contribution >= 0.6 is 24.0 Å².